The molecule has 4 rings (SSSR count). The Morgan fingerprint density at radius 3 is 2.63 bits per heavy atom. The number of pyridine rings is 1. The quantitative estimate of drug-likeness (QED) is 0.567. The molecule has 2 aromatic rings. The number of amides is 1. The normalized spacial score (nSPS) is 22.2. The number of carbonyl (C=O) groups is 1. The number of aliphatic hydroxyl groups is 1. The molecule has 38 heavy (non-hydrogen) atoms. The molecule has 0 radical (unpaired) electrons. The van der Waals surface area contributed by atoms with Crippen LogP contribution in [-0.2, 0) is 21.2 Å². The first kappa shape index (κ1) is 28.1. The van der Waals surface area contributed by atoms with Crippen molar-refractivity contribution in [3.63, 3.8) is 0 Å². The van der Waals surface area contributed by atoms with Crippen molar-refractivity contribution < 1.29 is 23.1 Å². The maximum absolute atomic E-state index is 13.7. The summed E-state index contributed by atoms with van der Waals surface area (Å²) in [5.74, 6) is 6.81. The molecular formula is C29H37N3O5S. The minimum Gasteiger partial charge on any atom is -0.487 e. The second-order valence-electron chi connectivity index (χ2n) is 10.5. The van der Waals surface area contributed by atoms with Gasteiger partial charge in [-0.05, 0) is 55.7 Å². The number of fused-ring (bicyclic) bond motifs is 1. The van der Waals surface area contributed by atoms with Crippen LogP contribution in [0.15, 0.2) is 47.6 Å². The lowest BCUT2D eigenvalue weighted by molar-refractivity contribution is -0.130. The van der Waals surface area contributed by atoms with Gasteiger partial charge in [0.1, 0.15) is 16.7 Å². The summed E-state index contributed by atoms with van der Waals surface area (Å²) in [5, 5.41) is 9.84. The molecule has 0 saturated heterocycles. The molecule has 1 N–H and O–H groups in total. The van der Waals surface area contributed by atoms with Gasteiger partial charge < -0.3 is 14.7 Å². The molecule has 9 heteroatoms. The van der Waals surface area contributed by atoms with Crippen molar-refractivity contribution in [3.8, 4) is 17.6 Å². The van der Waals surface area contributed by atoms with E-state index in [1.807, 2.05) is 19.1 Å². The maximum Gasteiger partial charge on any atom is 0.247 e. The number of aromatic nitrogens is 1. The summed E-state index contributed by atoms with van der Waals surface area (Å²) < 4.78 is 35.1. The molecular weight excluding hydrogens is 502 g/mol. The zero-order valence-corrected chi connectivity index (χ0v) is 23.2. The van der Waals surface area contributed by atoms with Gasteiger partial charge in [-0.25, -0.2) is 8.42 Å². The highest BCUT2D eigenvalue weighted by molar-refractivity contribution is 7.89. The van der Waals surface area contributed by atoms with Gasteiger partial charge in [0.25, 0.3) is 0 Å². The zero-order valence-electron chi connectivity index (χ0n) is 22.3. The van der Waals surface area contributed by atoms with E-state index in [1.54, 1.807) is 49.5 Å². The van der Waals surface area contributed by atoms with Crippen molar-refractivity contribution in [2.75, 3.05) is 26.7 Å². The lowest BCUT2D eigenvalue weighted by atomic mass is 10.0. The van der Waals surface area contributed by atoms with Gasteiger partial charge in [0.05, 0.1) is 19.6 Å². The lowest BCUT2D eigenvalue weighted by Gasteiger charge is -2.37. The Morgan fingerprint density at radius 2 is 1.95 bits per heavy atom. The molecule has 1 amide bonds. The SMILES string of the molecule is C[C@@H]1CN([C@H](C)CO)S(=O)(=O)c2ccc(C#CC3CCCC3)cc2O[C@H]1CN(C)C(=O)Cc1ccncc1. The van der Waals surface area contributed by atoms with Gasteiger partial charge in [-0.3, -0.25) is 9.78 Å². The Balaban J connectivity index is 1.64. The third-order valence-electron chi connectivity index (χ3n) is 7.43. The Bertz CT molecular complexity index is 1280. The molecule has 0 unspecified atom stereocenters. The van der Waals surface area contributed by atoms with Gasteiger partial charge in [0.2, 0.25) is 15.9 Å². The molecule has 1 fully saturated rings. The van der Waals surface area contributed by atoms with Gasteiger partial charge in [0, 0.05) is 49.4 Å². The average molecular weight is 540 g/mol. The van der Waals surface area contributed by atoms with Gasteiger partial charge in [-0.15, -0.1) is 0 Å². The fourth-order valence-corrected chi connectivity index (χ4v) is 6.78. The molecule has 3 atom stereocenters. The van der Waals surface area contributed by atoms with Crippen molar-refractivity contribution in [1.29, 1.82) is 0 Å². The zero-order chi connectivity index (χ0) is 27.3. The number of ether oxygens (including phenoxy) is 1. The number of nitrogens with zero attached hydrogens (tertiary/aromatic N) is 3. The molecule has 204 valence electrons. The fourth-order valence-electron chi connectivity index (χ4n) is 4.96. The third kappa shape index (κ3) is 6.55. The van der Waals surface area contributed by atoms with Crippen molar-refractivity contribution in [2.45, 2.75) is 63.0 Å². The number of sulfonamides is 1. The topological polar surface area (TPSA) is 100 Å². The molecule has 1 aromatic carbocycles. The second-order valence-corrected chi connectivity index (χ2v) is 12.3. The van der Waals surface area contributed by atoms with Crippen LogP contribution in [0, 0.1) is 23.7 Å². The number of likely N-dealkylation sites (N-methyl/N-ethyl adjacent to an activating group) is 1. The predicted octanol–water partition coefficient (Wildman–Crippen LogP) is 3.09. The van der Waals surface area contributed by atoms with Gasteiger partial charge in [-0.1, -0.05) is 31.6 Å². The summed E-state index contributed by atoms with van der Waals surface area (Å²) in [6.45, 7) is 3.73. The van der Waals surface area contributed by atoms with E-state index in [2.05, 4.69) is 16.8 Å². The van der Waals surface area contributed by atoms with E-state index in [1.165, 1.54) is 17.1 Å². The van der Waals surface area contributed by atoms with Gasteiger partial charge in [-0.2, -0.15) is 4.31 Å². The van der Waals surface area contributed by atoms with Crippen molar-refractivity contribution in [3.05, 3.63) is 53.9 Å². The highest BCUT2D eigenvalue weighted by Gasteiger charge is 2.38. The van der Waals surface area contributed by atoms with E-state index in [4.69, 9.17) is 4.74 Å². The number of hydrogen-bond acceptors (Lipinski definition) is 6. The first-order chi connectivity index (χ1) is 18.2. The lowest BCUT2D eigenvalue weighted by Crippen LogP contribution is -2.50. The molecule has 0 spiro atoms. The van der Waals surface area contributed by atoms with E-state index in [9.17, 15) is 18.3 Å². The first-order valence-electron chi connectivity index (χ1n) is 13.3. The first-order valence-corrected chi connectivity index (χ1v) is 14.7. The number of rotatable bonds is 6. The summed E-state index contributed by atoms with van der Waals surface area (Å²) in [6.07, 6.45) is 7.65. The summed E-state index contributed by atoms with van der Waals surface area (Å²) in [6, 6.07) is 7.97. The Labute approximate surface area is 226 Å². The number of aliphatic hydroxyl groups excluding tert-OH is 1. The number of benzene rings is 1. The second kappa shape index (κ2) is 12.3. The van der Waals surface area contributed by atoms with Crippen LogP contribution < -0.4 is 4.74 Å². The molecule has 1 aliphatic carbocycles. The standard InChI is InChI=1S/C29H37N3O5S/c1-21-18-32(22(2)20-33)38(35,36)28-11-10-24(9-8-23-6-4-5-7-23)16-26(28)37-27(21)19-31(3)29(34)17-25-12-14-30-15-13-25/h10-16,21-23,27,33H,4-7,17-20H2,1-3H3/t21-,22-,27+/m1/s1. The summed E-state index contributed by atoms with van der Waals surface area (Å²) in [5.41, 5.74) is 1.56. The van der Waals surface area contributed by atoms with E-state index < -0.39 is 22.2 Å². The van der Waals surface area contributed by atoms with Crippen molar-refractivity contribution in [2.24, 2.45) is 11.8 Å². The van der Waals surface area contributed by atoms with Crippen molar-refractivity contribution in [1.82, 2.24) is 14.2 Å². The highest BCUT2D eigenvalue weighted by atomic mass is 32.2. The highest BCUT2D eigenvalue weighted by Crippen LogP contribution is 2.34. The van der Waals surface area contributed by atoms with Crippen LogP contribution in [0.4, 0.5) is 0 Å². The van der Waals surface area contributed by atoms with Crippen LogP contribution in [0.5, 0.6) is 5.75 Å². The predicted molar refractivity (Wildman–Crippen MR) is 145 cm³/mol. The van der Waals surface area contributed by atoms with E-state index in [0.29, 0.717) is 11.5 Å². The molecule has 2 aliphatic rings. The molecule has 0 bridgehead atoms. The smallest absolute Gasteiger partial charge is 0.247 e. The molecule has 8 nitrogen and oxygen atoms in total. The Hall–Kier alpha value is -2.93. The van der Waals surface area contributed by atoms with E-state index in [-0.39, 0.29) is 48.6 Å². The third-order valence-corrected chi connectivity index (χ3v) is 9.45. The largest absolute Gasteiger partial charge is 0.487 e. The monoisotopic (exact) mass is 539 g/mol. The summed E-state index contributed by atoms with van der Waals surface area (Å²) in [4.78, 5) is 18.6. The summed E-state index contributed by atoms with van der Waals surface area (Å²) in [7, 11) is -2.20. The van der Waals surface area contributed by atoms with Crippen molar-refractivity contribution >= 4 is 15.9 Å². The van der Waals surface area contributed by atoms with E-state index in [0.717, 1.165) is 18.4 Å². The Kier molecular flexibility index (Phi) is 9.08. The minimum atomic E-state index is -3.93. The van der Waals surface area contributed by atoms with Crippen LogP contribution in [0.3, 0.4) is 0 Å². The van der Waals surface area contributed by atoms with Crippen LogP contribution >= 0.6 is 0 Å². The Morgan fingerprint density at radius 1 is 1.24 bits per heavy atom. The number of hydrogen-bond donors (Lipinski definition) is 1. The number of carbonyl (C=O) groups excluding carboxylic acids is 1. The maximum atomic E-state index is 13.7. The molecule has 1 aromatic heterocycles. The summed E-state index contributed by atoms with van der Waals surface area (Å²) >= 11 is 0. The average Bonchev–Trinajstić information content (AvgIpc) is 3.43. The van der Waals surface area contributed by atoms with Crippen LogP contribution in [0.2, 0.25) is 0 Å². The van der Waals surface area contributed by atoms with E-state index >= 15 is 0 Å². The molecule has 1 saturated carbocycles. The molecule has 1 aliphatic heterocycles. The van der Waals surface area contributed by atoms with Gasteiger partial charge >= 0.3 is 0 Å². The minimum absolute atomic E-state index is 0.0480. The van der Waals surface area contributed by atoms with Gasteiger partial charge in [0.15, 0.2) is 0 Å². The van der Waals surface area contributed by atoms with Crippen LogP contribution in [0.25, 0.3) is 0 Å². The molecule has 2 heterocycles. The fraction of sp³-hybridized carbons (Fsp3) is 0.517. The van der Waals surface area contributed by atoms with Crippen LogP contribution in [-0.4, -0.2) is 72.5 Å². The van der Waals surface area contributed by atoms with Crippen LogP contribution in [0.1, 0.15) is 50.7 Å².